The van der Waals surface area contributed by atoms with E-state index in [1.54, 1.807) is 0 Å². The number of para-hydroxylation sites is 1. The number of hydrogen-bond acceptors (Lipinski definition) is 3. The van der Waals surface area contributed by atoms with Crippen LogP contribution >= 0.6 is 0 Å². The summed E-state index contributed by atoms with van der Waals surface area (Å²) in [5.41, 5.74) is 5.12. The molecule has 0 unspecified atom stereocenters. The quantitative estimate of drug-likeness (QED) is 0.412. The first-order valence-electron chi connectivity index (χ1n) is 10.3. The van der Waals surface area contributed by atoms with Crippen molar-refractivity contribution in [2.75, 3.05) is 25.5 Å². The van der Waals surface area contributed by atoms with Crippen molar-refractivity contribution in [3.05, 3.63) is 102 Å². The van der Waals surface area contributed by atoms with Crippen LogP contribution in [0.4, 0.5) is 5.69 Å². The van der Waals surface area contributed by atoms with Gasteiger partial charge in [-0.2, -0.15) is 0 Å². The second kappa shape index (κ2) is 8.97. The maximum atomic E-state index is 13.5. The maximum absolute atomic E-state index is 13.5. The normalized spacial score (nSPS) is 12.1. The summed E-state index contributed by atoms with van der Waals surface area (Å²) in [6.45, 7) is 0.717. The van der Waals surface area contributed by atoms with E-state index in [0.29, 0.717) is 0 Å². The highest BCUT2D eigenvalue weighted by atomic mass is 16.1. The van der Waals surface area contributed by atoms with E-state index < -0.39 is 0 Å². The van der Waals surface area contributed by atoms with Gasteiger partial charge >= 0.3 is 0 Å². The molecule has 0 radical (unpaired) electrons. The second-order valence-electron chi connectivity index (χ2n) is 7.72. The number of anilines is 1. The standard InChI is InChI=1S/C26H27N3O/c1-29(2)21-14-12-19(13-15-21)16-17-27-25(20-8-4-3-5-9-20)26(30)23-18-28-24-11-7-6-10-22(23)24/h3-15,18,25,27-28H,16-17H2,1-2H3/t25-/m0/s1. The van der Waals surface area contributed by atoms with Crippen LogP contribution in [0.2, 0.25) is 0 Å². The number of rotatable bonds is 8. The summed E-state index contributed by atoms with van der Waals surface area (Å²) < 4.78 is 0. The molecule has 3 aromatic carbocycles. The predicted molar refractivity (Wildman–Crippen MR) is 124 cm³/mol. The minimum Gasteiger partial charge on any atom is -0.378 e. The first kappa shape index (κ1) is 19.9. The number of Topliss-reactive ketones (excluding diaryl/α,β-unsaturated/α-hetero) is 1. The van der Waals surface area contributed by atoms with Crippen LogP contribution in [0.15, 0.2) is 85.1 Å². The number of carbonyl (C=O) groups is 1. The van der Waals surface area contributed by atoms with E-state index in [0.717, 1.165) is 35.0 Å². The number of hydrogen-bond donors (Lipinski definition) is 2. The third kappa shape index (κ3) is 4.29. The molecule has 2 N–H and O–H groups in total. The van der Waals surface area contributed by atoms with Crippen molar-refractivity contribution >= 4 is 22.4 Å². The predicted octanol–water partition coefficient (Wildman–Crippen LogP) is 4.99. The molecule has 0 saturated carbocycles. The zero-order valence-electron chi connectivity index (χ0n) is 17.4. The van der Waals surface area contributed by atoms with Crippen molar-refractivity contribution < 1.29 is 4.79 Å². The van der Waals surface area contributed by atoms with Crippen molar-refractivity contribution in [1.82, 2.24) is 10.3 Å². The van der Waals surface area contributed by atoms with E-state index in [2.05, 4.69) is 39.5 Å². The first-order chi connectivity index (χ1) is 14.6. The molecule has 0 amide bonds. The lowest BCUT2D eigenvalue weighted by Crippen LogP contribution is -2.30. The molecule has 4 aromatic rings. The minimum atomic E-state index is -0.383. The van der Waals surface area contributed by atoms with E-state index >= 15 is 0 Å². The molecule has 0 spiro atoms. The van der Waals surface area contributed by atoms with Gasteiger partial charge in [0.2, 0.25) is 0 Å². The SMILES string of the molecule is CN(C)c1ccc(CCN[C@H](C(=O)c2c[nH]c3ccccc23)c2ccccc2)cc1. The number of nitrogens with zero attached hydrogens (tertiary/aromatic N) is 1. The highest BCUT2D eigenvalue weighted by Gasteiger charge is 2.23. The Morgan fingerprint density at radius 2 is 1.63 bits per heavy atom. The molecule has 0 fully saturated rings. The van der Waals surface area contributed by atoms with Gasteiger partial charge in [-0.25, -0.2) is 0 Å². The number of H-pyrrole nitrogens is 1. The summed E-state index contributed by atoms with van der Waals surface area (Å²) in [6, 6.07) is 26.0. The average molecular weight is 398 g/mol. The summed E-state index contributed by atoms with van der Waals surface area (Å²) in [7, 11) is 4.08. The molecule has 30 heavy (non-hydrogen) atoms. The van der Waals surface area contributed by atoms with Crippen LogP contribution in [-0.2, 0) is 6.42 Å². The number of carbonyl (C=O) groups excluding carboxylic acids is 1. The number of aromatic amines is 1. The third-order valence-electron chi connectivity index (χ3n) is 5.46. The largest absolute Gasteiger partial charge is 0.378 e. The van der Waals surface area contributed by atoms with E-state index in [1.807, 2.05) is 74.9 Å². The number of fused-ring (bicyclic) bond motifs is 1. The van der Waals surface area contributed by atoms with Crippen LogP contribution in [0.1, 0.15) is 27.5 Å². The molecule has 152 valence electrons. The smallest absolute Gasteiger partial charge is 0.186 e. The topological polar surface area (TPSA) is 48.1 Å². The average Bonchev–Trinajstić information content (AvgIpc) is 3.21. The third-order valence-corrected chi connectivity index (χ3v) is 5.46. The van der Waals surface area contributed by atoms with E-state index in [9.17, 15) is 4.79 Å². The molecular formula is C26H27N3O. The molecule has 4 nitrogen and oxygen atoms in total. The van der Waals surface area contributed by atoms with Crippen LogP contribution in [-0.4, -0.2) is 31.4 Å². The molecule has 0 saturated heterocycles. The van der Waals surface area contributed by atoms with Crippen molar-refractivity contribution in [2.45, 2.75) is 12.5 Å². The monoisotopic (exact) mass is 397 g/mol. The lowest BCUT2D eigenvalue weighted by molar-refractivity contribution is 0.0945. The van der Waals surface area contributed by atoms with Gasteiger partial charge in [0.15, 0.2) is 5.78 Å². The first-order valence-corrected chi connectivity index (χ1v) is 10.3. The zero-order valence-corrected chi connectivity index (χ0v) is 17.4. The Bertz CT molecular complexity index is 1110. The summed E-state index contributed by atoms with van der Waals surface area (Å²) in [5.74, 6) is 0.0848. The Morgan fingerprint density at radius 3 is 2.37 bits per heavy atom. The molecule has 4 rings (SSSR count). The number of nitrogens with one attached hydrogen (secondary N) is 2. The van der Waals surface area contributed by atoms with E-state index in [1.165, 1.54) is 11.3 Å². The summed E-state index contributed by atoms with van der Waals surface area (Å²) >= 11 is 0. The lowest BCUT2D eigenvalue weighted by atomic mass is 9.96. The van der Waals surface area contributed by atoms with E-state index in [4.69, 9.17) is 0 Å². The highest BCUT2D eigenvalue weighted by molar-refractivity contribution is 6.10. The molecule has 1 aromatic heterocycles. The molecule has 4 heteroatoms. The van der Waals surface area contributed by atoms with Gasteiger partial charge < -0.3 is 15.2 Å². The Kier molecular flexibility index (Phi) is 5.96. The molecule has 1 heterocycles. The minimum absolute atomic E-state index is 0.0848. The summed E-state index contributed by atoms with van der Waals surface area (Å²) in [6.07, 6.45) is 2.68. The molecule has 0 aliphatic carbocycles. The van der Waals surface area contributed by atoms with Crippen LogP contribution < -0.4 is 10.2 Å². The van der Waals surface area contributed by atoms with Crippen molar-refractivity contribution in [2.24, 2.45) is 0 Å². The van der Waals surface area contributed by atoms with Gasteiger partial charge in [0, 0.05) is 49.0 Å². The van der Waals surface area contributed by atoms with Crippen molar-refractivity contribution in [3.8, 4) is 0 Å². The van der Waals surface area contributed by atoms with Crippen molar-refractivity contribution in [1.29, 1.82) is 0 Å². The van der Waals surface area contributed by atoms with Gasteiger partial charge in [-0.15, -0.1) is 0 Å². The number of ketones is 1. The fourth-order valence-electron chi connectivity index (χ4n) is 3.76. The lowest BCUT2D eigenvalue weighted by Gasteiger charge is -2.18. The second-order valence-corrected chi connectivity index (χ2v) is 7.72. The molecule has 1 atom stereocenters. The Hall–Kier alpha value is -3.37. The van der Waals surface area contributed by atoms with E-state index in [-0.39, 0.29) is 11.8 Å². The van der Waals surface area contributed by atoms with Crippen LogP contribution in [0, 0.1) is 0 Å². The fraction of sp³-hybridized carbons (Fsp3) is 0.192. The summed E-state index contributed by atoms with van der Waals surface area (Å²) in [4.78, 5) is 18.8. The van der Waals surface area contributed by atoms with Gasteiger partial charge in [0.1, 0.15) is 0 Å². The highest BCUT2D eigenvalue weighted by Crippen LogP contribution is 2.25. The van der Waals surface area contributed by atoms with Gasteiger partial charge in [0.25, 0.3) is 0 Å². The molecular weight excluding hydrogens is 370 g/mol. The van der Waals surface area contributed by atoms with Crippen molar-refractivity contribution in [3.63, 3.8) is 0 Å². The Morgan fingerprint density at radius 1 is 0.933 bits per heavy atom. The Balaban J connectivity index is 1.52. The van der Waals surface area contributed by atoms with Crippen LogP contribution in [0.5, 0.6) is 0 Å². The maximum Gasteiger partial charge on any atom is 0.186 e. The zero-order chi connectivity index (χ0) is 20.9. The summed E-state index contributed by atoms with van der Waals surface area (Å²) in [5, 5.41) is 4.46. The Labute approximate surface area is 177 Å². The molecule has 0 aliphatic heterocycles. The van der Waals surface area contributed by atoms with Gasteiger partial charge in [0.05, 0.1) is 6.04 Å². The number of aromatic nitrogens is 1. The number of benzene rings is 3. The van der Waals surface area contributed by atoms with Gasteiger partial charge in [-0.3, -0.25) is 4.79 Å². The van der Waals surface area contributed by atoms with Gasteiger partial charge in [-0.05, 0) is 35.7 Å². The fourth-order valence-corrected chi connectivity index (χ4v) is 3.76. The van der Waals surface area contributed by atoms with Crippen LogP contribution in [0.3, 0.4) is 0 Å². The molecule has 0 bridgehead atoms. The van der Waals surface area contributed by atoms with Gasteiger partial charge in [-0.1, -0.05) is 60.7 Å². The molecule has 0 aliphatic rings. The van der Waals surface area contributed by atoms with Crippen LogP contribution in [0.25, 0.3) is 10.9 Å².